The molecule has 0 aliphatic carbocycles. The number of benzene rings is 2. The molecule has 10 heteroatoms. The minimum absolute atomic E-state index is 0.185. The molecule has 0 bridgehead atoms. The largest absolute Gasteiger partial charge is 0.272 e. The topological polar surface area (TPSA) is 67.5 Å². The second kappa shape index (κ2) is 6.38. The highest BCUT2D eigenvalue weighted by Crippen LogP contribution is 2.27. The second-order valence-corrected chi connectivity index (χ2v) is 4.16. The van der Waals surface area contributed by atoms with E-state index in [4.69, 9.17) is 0 Å². The molecular formula is C13H6F5N3O2. The average Bonchev–Trinajstić information content (AvgIpc) is 2.54. The van der Waals surface area contributed by atoms with Crippen LogP contribution in [0, 0.1) is 39.2 Å². The number of hydrogen-bond donors (Lipinski definition) is 1. The van der Waals surface area contributed by atoms with Crippen molar-refractivity contribution in [3.8, 4) is 0 Å². The Bertz CT molecular complexity index is 764. The number of halogens is 5. The van der Waals surface area contributed by atoms with Crippen molar-refractivity contribution in [2.75, 3.05) is 5.43 Å². The first-order valence-electron chi connectivity index (χ1n) is 5.88. The molecule has 0 saturated carbocycles. The molecule has 120 valence electrons. The highest BCUT2D eigenvalue weighted by Gasteiger charge is 2.25. The molecule has 0 radical (unpaired) electrons. The lowest BCUT2D eigenvalue weighted by molar-refractivity contribution is -0.384. The number of hydrogen-bond acceptors (Lipinski definition) is 4. The molecule has 0 spiro atoms. The summed E-state index contributed by atoms with van der Waals surface area (Å²) in [5.74, 6) is -10.6. The predicted molar refractivity (Wildman–Crippen MR) is 70.5 cm³/mol. The monoisotopic (exact) mass is 331 g/mol. The van der Waals surface area contributed by atoms with Crippen LogP contribution in [0.15, 0.2) is 29.4 Å². The SMILES string of the molecule is O=[N+]([O-])c1ccc(/C=N/Nc2c(F)c(F)c(F)c(F)c2F)cc1. The van der Waals surface area contributed by atoms with E-state index in [1.165, 1.54) is 12.1 Å². The van der Waals surface area contributed by atoms with Gasteiger partial charge in [-0.3, -0.25) is 15.5 Å². The summed E-state index contributed by atoms with van der Waals surface area (Å²) < 4.78 is 65.4. The van der Waals surface area contributed by atoms with Gasteiger partial charge in [0.15, 0.2) is 23.3 Å². The van der Waals surface area contributed by atoms with Gasteiger partial charge in [0, 0.05) is 12.1 Å². The van der Waals surface area contributed by atoms with E-state index < -0.39 is 39.7 Å². The van der Waals surface area contributed by atoms with Crippen molar-refractivity contribution >= 4 is 17.6 Å². The van der Waals surface area contributed by atoms with Crippen molar-refractivity contribution in [1.29, 1.82) is 0 Å². The third-order valence-corrected chi connectivity index (χ3v) is 2.70. The maximum atomic E-state index is 13.3. The Hall–Kier alpha value is -3.04. The zero-order valence-corrected chi connectivity index (χ0v) is 11.0. The Morgan fingerprint density at radius 3 is 1.87 bits per heavy atom. The van der Waals surface area contributed by atoms with Crippen LogP contribution in [-0.4, -0.2) is 11.1 Å². The molecule has 1 N–H and O–H groups in total. The zero-order chi connectivity index (χ0) is 17.1. The number of non-ortho nitro benzene ring substituents is 1. The second-order valence-electron chi connectivity index (χ2n) is 4.16. The van der Waals surface area contributed by atoms with Crippen LogP contribution in [-0.2, 0) is 0 Å². The zero-order valence-electron chi connectivity index (χ0n) is 11.0. The van der Waals surface area contributed by atoms with Gasteiger partial charge in [-0.1, -0.05) is 0 Å². The lowest BCUT2D eigenvalue weighted by Crippen LogP contribution is -2.06. The summed E-state index contributed by atoms with van der Waals surface area (Å²) in [6.07, 6.45) is 0.988. The number of nitrogens with one attached hydrogen (secondary N) is 1. The van der Waals surface area contributed by atoms with Gasteiger partial charge in [0.05, 0.1) is 11.1 Å². The molecule has 0 fully saturated rings. The van der Waals surface area contributed by atoms with Gasteiger partial charge in [0.2, 0.25) is 5.82 Å². The summed E-state index contributed by atoms with van der Waals surface area (Å²) in [7, 11) is 0. The molecule has 2 aromatic rings. The van der Waals surface area contributed by atoms with E-state index in [1.807, 2.05) is 0 Å². The van der Waals surface area contributed by atoms with E-state index in [9.17, 15) is 32.1 Å². The summed E-state index contributed by atoms with van der Waals surface area (Å²) in [6, 6.07) is 4.86. The Balaban J connectivity index is 2.22. The molecule has 23 heavy (non-hydrogen) atoms. The van der Waals surface area contributed by atoms with Crippen LogP contribution in [0.1, 0.15) is 5.56 Å². The van der Waals surface area contributed by atoms with Crippen molar-refractivity contribution in [3.63, 3.8) is 0 Å². The van der Waals surface area contributed by atoms with Crippen LogP contribution in [0.4, 0.5) is 33.3 Å². The van der Waals surface area contributed by atoms with Gasteiger partial charge in [-0.15, -0.1) is 0 Å². The normalized spacial score (nSPS) is 11.0. The van der Waals surface area contributed by atoms with E-state index in [-0.39, 0.29) is 5.69 Å². The van der Waals surface area contributed by atoms with Crippen LogP contribution in [0.25, 0.3) is 0 Å². The lowest BCUT2D eigenvalue weighted by atomic mass is 10.2. The van der Waals surface area contributed by atoms with Crippen molar-refractivity contribution in [3.05, 3.63) is 69.0 Å². The molecule has 0 unspecified atom stereocenters. The van der Waals surface area contributed by atoms with Gasteiger partial charge >= 0.3 is 0 Å². The number of nitro benzene ring substituents is 1. The van der Waals surface area contributed by atoms with Crippen LogP contribution < -0.4 is 5.43 Å². The summed E-state index contributed by atoms with van der Waals surface area (Å²) in [5.41, 5.74) is 0.522. The molecule has 0 heterocycles. The van der Waals surface area contributed by atoms with Gasteiger partial charge in [0.1, 0.15) is 5.69 Å². The highest BCUT2D eigenvalue weighted by molar-refractivity contribution is 5.80. The first-order valence-corrected chi connectivity index (χ1v) is 5.88. The van der Waals surface area contributed by atoms with Gasteiger partial charge in [-0.2, -0.15) is 5.10 Å². The Morgan fingerprint density at radius 1 is 0.913 bits per heavy atom. The van der Waals surface area contributed by atoms with Crippen molar-refractivity contribution in [1.82, 2.24) is 0 Å². The third kappa shape index (κ3) is 3.25. The maximum absolute atomic E-state index is 13.3. The summed E-state index contributed by atoms with van der Waals surface area (Å²) in [5, 5.41) is 13.8. The highest BCUT2D eigenvalue weighted by atomic mass is 19.2. The number of nitro groups is 1. The van der Waals surface area contributed by atoms with Crippen molar-refractivity contribution < 1.29 is 26.9 Å². The van der Waals surface area contributed by atoms with Crippen LogP contribution >= 0.6 is 0 Å². The van der Waals surface area contributed by atoms with Crippen LogP contribution in [0.2, 0.25) is 0 Å². The summed E-state index contributed by atoms with van der Waals surface area (Å²) in [6.45, 7) is 0. The Kier molecular flexibility index (Phi) is 4.53. The molecule has 2 rings (SSSR count). The standard InChI is InChI=1S/C13H6F5N3O2/c14-8-9(15)11(17)13(12(18)10(8)16)20-19-5-6-1-3-7(4-2-6)21(22)23/h1-5,20H/b19-5+. The predicted octanol–water partition coefficient (Wildman–Crippen LogP) is 3.74. The molecule has 0 aliphatic heterocycles. The molecule has 0 aromatic heterocycles. The number of anilines is 1. The smallest absolute Gasteiger partial charge is 0.269 e. The summed E-state index contributed by atoms with van der Waals surface area (Å²) >= 11 is 0. The first-order chi connectivity index (χ1) is 10.8. The van der Waals surface area contributed by atoms with Gasteiger partial charge < -0.3 is 0 Å². The first kappa shape index (κ1) is 16.3. The fourth-order valence-electron chi connectivity index (χ4n) is 1.56. The van der Waals surface area contributed by atoms with E-state index in [0.29, 0.717) is 5.56 Å². The Morgan fingerprint density at radius 2 is 1.39 bits per heavy atom. The molecule has 0 saturated heterocycles. The lowest BCUT2D eigenvalue weighted by Gasteiger charge is -2.06. The van der Waals surface area contributed by atoms with Gasteiger partial charge in [-0.25, -0.2) is 22.0 Å². The molecule has 0 amide bonds. The van der Waals surface area contributed by atoms with Crippen molar-refractivity contribution in [2.24, 2.45) is 5.10 Å². The quantitative estimate of drug-likeness (QED) is 0.232. The van der Waals surface area contributed by atoms with Gasteiger partial charge in [0.25, 0.3) is 5.69 Å². The number of hydrazone groups is 1. The van der Waals surface area contributed by atoms with Crippen molar-refractivity contribution in [2.45, 2.75) is 0 Å². The number of rotatable bonds is 4. The molecule has 5 nitrogen and oxygen atoms in total. The van der Waals surface area contributed by atoms with Gasteiger partial charge in [-0.05, 0) is 17.7 Å². The molecule has 0 atom stereocenters. The van der Waals surface area contributed by atoms with E-state index in [0.717, 1.165) is 18.3 Å². The van der Waals surface area contributed by atoms with E-state index >= 15 is 0 Å². The minimum Gasteiger partial charge on any atom is -0.272 e. The fraction of sp³-hybridized carbons (Fsp3) is 0. The van der Waals surface area contributed by atoms with E-state index in [1.54, 1.807) is 5.43 Å². The van der Waals surface area contributed by atoms with Crippen LogP contribution in [0.5, 0.6) is 0 Å². The minimum atomic E-state index is -2.27. The van der Waals surface area contributed by atoms with E-state index in [2.05, 4.69) is 5.10 Å². The Labute approximate surface area is 125 Å². The maximum Gasteiger partial charge on any atom is 0.269 e. The third-order valence-electron chi connectivity index (χ3n) is 2.70. The fourth-order valence-corrected chi connectivity index (χ4v) is 1.56. The summed E-state index contributed by atoms with van der Waals surface area (Å²) in [4.78, 5) is 9.82. The van der Waals surface area contributed by atoms with Crippen LogP contribution in [0.3, 0.4) is 0 Å². The molecule has 0 aliphatic rings. The molecular weight excluding hydrogens is 325 g/mol. The average molecular weight is 331 g/mol. The number of nitrogens with zero attached hydrogens (tertiary/aromatic N) is 2. The molecule has 2 aromatic carbocycles.